The minimum absolute atomic E-state index is 0.167. The predicted octanol–water partition coefficient (Wildman–Crippen LogP) is 4.89. The van der Waals surface area contributed by atoms with Gasteiger partial charge in [0.15, 0.2) is 11.5 Å². The van der Waals surface area contributed by atoms with Gasteiger partial charge in [-0.05, 0) is 30.7 Å². The standard InChI is InChI=1S/C26H29F3NO3/c1-16-12-21(32-3)24-23-20(16)15-30(2,14-17-4-6-18(7-5-17)26(27,28)29)11-10-25(23)9-8-19(31)13-22(25)33-24/h4-9,12,19,22,31H,10-11,13-15H2,1-3H3/q+1. The second-order valence-corrected chi connectivity index (χ2v) is 9.99. The van der Waals surface area contributed by atoms with E-state index in [0.717, 1.165) is 42.0 Å². The molecule has 0 amide bonds. The third-order valence-electron chi connectivity index (χ3n) is 7.62. The molecule has 0 saturated heterocycles. The van der Waals surface area contributed by atoms with Crippen molar-refractivity contribution in [3.63, 3.8) is 0 Å². The van der Waals surface area contributed by atoms with Crippen LogP contribution in [-0.4, -0.2) is 42.5 Å². The van der Waals surface area contributed by atoms with Gasteiger partial charge < -0.3 is 19.1 Å². The van der Waals surface area contributed by atoms with E-state index < -0.39 is 17.8 Å². The van der Waals surface area contributed by atoms with Crippen molar-refractivity contribution in [1.82, 2.24) is 0 Å². The molecule has 0 fully saturated rings. The number of methoxy groups -OCH3 is 1. The fourth-order valence-corrected chi connectivity index (χ4v) is 5.87. The smallest absolute Gasteiger partial charge is 0.416 e. The van der Waals surface area contributed by atoms with Crippen LogP contribution in [0.15, 0.2) is 42.5 Å². The van der Waals surface area contributed by atoms with Crippen LogP contribution in [0.3, 0.4) is 0 Å². The van der Waals surface area contributed by atoms with Crippen molar-refractivity contribution in [2.75, 3.05) is 20.7 Å². The molecule has 33 heavy (non-hydrogen) atoms. The third kappa shape index (κ3) is 3.62. The molecule has 4 atom stereocenters. The zero-order chi connectivity index (χ0) is 23.6. The predicted molar refractivity (Wildman–Crippen MR) is 118 cm³/mol. The molecule has 0 aromatic heterocycles. The summed E-state index contributed by atoms with van der Waals surface area (Å²) in [6.07, 6.45) is 0.301. The van der Waals surface area contributed by atoms with Crippen molar-refractivity contribution < 1.29 is 32.2 Å². The Labute approximate surface area is 191 Å². The van der Waals surface area contributed by atoms with Crippen LogP contribution in [0.2, 0.25) is 0 Å². The van der Waals surface area contributed by atoms with E-state index in [1.54, 1.807) is 19.2 Å². The first-order chi connectivity index (χ1) is 15.5. The number of hydrogen-bond acceptors (Lipinski definition) is 3. The van der Waals surface area contributed by atoms with Gasteiger partial charge in [-0.1, -0.05) is 24.3 Å². The van der Waals surface area contributed by atoms with Crippen LogP contribution in [0.1, 0.15) is 40.7 Å². The first-order valence-electron chi connectivity index (χ1n) is 11.3. The molecule has 1 aliphatic carbocycles. The summed E-state index contributed by atoms with van der Waals surface area (Å²) in [5.41, 5.74) is 3.41. The number of aliphatic hydroxyl groups is 1. The number of aryl methyl sites for hydroxylation is 1. The topological polar surface area (TPSA) is 38.7 Å². The first-order valence-corrected chi connectivity index (χ1v) is 11.3. The Hall–Kier alpha value is -2.51. The van der Waals surface area contributed by atoms with Gasteiger partial charge in [0.25, 0.3) is 0 Å². The molecule has 3 aliphatic rings. The number of ether oxygens (including phenoxy) is 2. The molecule has 4 unspecified atom stereocenters. The van der Waals surface area contributed by atoms with Gasteiger partial charge in [-0.15, -0.1) is 0 Å². The Kier molecular flexibility index (Phi) is 5.07. The quantitative estimate of drug-likeness (QED) is 0.524. The zero-order valence-corrected chi connectivity index (χ0v) is 19.1. The minimum atomic E-state index is -4.33. The van der Waals surface area contributed by atoms with Crippen molar-refractivity contribution in [1.29, 1.82) is 0 Å². The maximum atomic E-state index is 13.0. The van der Waals surface area contributed by atoms with Crippen molar-refractivity contribution in [2.45, 2.75) is 56.7 Å². The van der Waals surface area contributed by atoms with Gasteiger partial charge in [-0.25, -0.2) is 0 Å². The zero-order valence-electron chi connectivity index (χ0n) is 19.1. The SMILES string of the molecule is COc1cc(C)c2c3c1OC1CC(O)C=CC31CC[N+](C)(Cc1ccc(C(F)(F)F)cc1)C2. The molecule has 1 spiro atoms. The molecule has 4 nitrogen and oxygen atoms in total. The molecule has 0 bridgehead atoms. The van der Waals surface area contributed by atoms with Crippen molar-refractivity contribution in [3.05, 3.63) is 70.3 Å². The Morgan fingerprint density at radius 3 is 2.64 bits per heavy atom. The average molecular weight is 461 g/mol. The highest BCUT2D eigenvalue weighted by molar-refractivity contribution is 5.63. The number of halogens is 3. The number of quaternary nitrogens is 1. The molecule has 1 N–H and O–H groups in total. The molecule has 2 aliphatic heterocycles. The summed E-state index contributed by atoms with van der Waals surface area (Å²) in [5.74, 6) is 1.48. The lowest BCUT2D eigenvalue weighted by molar-refractivity contribution is -0.935. The fourth-order valence-electron chi connectivity index (χ4n) is 5.87. The summed E-state index contributed by atoms with van der Waals surface area (Å²) >= 11 is 0. The van der Waals surface area contributed by atoms with Gasteiger partial charge >= 0.3 is 6.18 Å². The molecular weight excluding hydrogens is 431 g/mol. The number of rotatable bonds is 3. The highest BCUT2D eigenvalue weighted by Crippen LogP contribution is 2.57. The number of alkyl halides is 3. The summed E-state index contributed by atoms with van der Waals surface area (Å²) < 4.78 is 51.7. The Morgan fingerprint density at radius 1 is 1.24 bits per heavy atom. The monoisotopic (exact) mass is 460 g/mol. The molecule has 2 aromatic rings. The van der Waals surface area contributed by atoms with Crippen LogP contribution in [0.25, 0.3) is 0 Å². The molecule has 176 valence electrons. The normalized spacial score (nSPS) is 30.3. The molecular formula is C26H29F3NO3+. The van der Waals surface area contributed by atoms with Gasteiger partial charge in [0.1, 0.15) is 19.2 Å². The molecule has 7 heteroatoms. The number of benzene rings is 2. The van der Waals surface area contributed by atoms with Crippen LogP contribution >= 0.6 is 0 Å². The van der Waals surface area contributed by atoms with Gasteiger partial charge in [-0.3, -0.25) is 0 Å². The summed E-state index contributed by atoms with van der Waals surface area (Å²) in [6, 6.07) is 7.53. The number of aliphatic hydroxyl groups excluding tert-OH is 1. The van der Waals surface area contributed by atoms with Crippen LogP contribution in [0.4, 0.5) is 13.2 Å². The Bertz CT molecular complexity index is 1110. The fraction of sp³-hybridized carbons (Fsp3) is 0.462. The summed E-state index contributed by atoms with van der Waals surface area (Å²) in [5, 5.41) is 10.3. The van der Waals surface area contributed by atoms with E-state index in [0.29, 0.717) is 23.2 Å². The maximum Gasteiger partial charge on any atom is 0.416 e. The number of hydrogen-bond donors (Lipinski definition) is 1. The van der Waals surface area contributed by atoms with Crippen LogP contribution in [0, 0.1) is 6.92 Å². The summed E-state index contributed by atoms with van der Waals surface area (Å²) in [7, 11) is 3.81. The first kappa shape index (κ1) is 22.3. The summed E-state index contributed by atoms with van der Waals surface area (Å²) in [4.78, 5) is 0. The van der Waals surface area contributed by atoms with E-state index in [4.69, 9.17) is 9.47 Å². The second-order valence-electron chi connectivity index (χ2n) is 9.99. The highest BCUT2D eigenvalue weighted by Gasteiger charge is 2.55. The lowest BCUT2D eigenvalue weighted by Crippen LogP contribution is -2.46. The second kappa shape index (κ2) is 7.50. The molecule has 0 radical (unpaired) electrons. The van der Waals surface area contributed by atoms with Gasteiger partial charge in [0.05, 0.1) is 37.8 Å². The van der Waals surface area contributed by atoms with Crippen LogP contribution in [-0.2, 0) is 24.7 Å². The maximum absolute atomic E-state index is 13.0. The van der Waals surface area contributed by atoms with E-state index in [1.807, 2.05) is 12.1 Å². The van der Waals surface area contributed by atoms with E-state index in [2.05, 4.69) is 20.0 Å². The van der Waals surface area contributed by atoms with Crippen molar-refractivity contribution in [3.8, 4) is 11.5 Å². The van der Waals surface area contributed by atoms with Crippen molar-refractivity contribution in [2.24, 2.45) is 0 Å². The lowest BCUT2D eigenvalue weighted by Gasteiger charge is -2.37. The molecule has 5 rings (SSSR count). The van der Waals surface area contributed by atoms with E-state index in [9.17, 15) is 18.3 Å². The highest BCUT2D eigenvalue weighted by atomic mass is 19.4. The summed E-state index contributed by atoms with van der Waals surface area (Å²) in [6.45, 7) is 4.28. The third-order valence-corrected chi connectivity index (χ3v) is 7.62. The molecule has 2 heterocycles. The molecule has 2 aromatic carbocycles. The van der Waals surface area contributed by atoms with Crippen molar-refractivity contribution >= 4 is 0 Å². The Balaban J connectivity index is 1.56. The number of nitrogens with zero attached hydrogens (tertiary/aromatic N) is 1. The van der Waals surface area contributed by atoms with E-state index >= 15 is 0 Å². The minimum Gasteiger partial charge on any atom is -0.493 e. The van der Waals surface area contributed by atoms with E-state index in [-0.39, 0.29) is 11.5 Å². The largest absolute Gasteiger partial charge is 0.493 e. The van der Waals surface area contributed by atoms with Crippen LogP contribution in [0.5, 0.6) is 11.5 Å². The van der Waals surface area contributed by atoms with Gasteiger partial charge in [0.2, 0.25) is 0 Å². The average Bonchev–Trinajstić information content (AvgIpc) is 3.01. The van der Waals surface area contributed by atoms with Crippen LogP contribution < -0.4 is 9.47 Å². The molecule has 0 saturated carbocycles. The van der Waals surface area contributed by atoms with E-state index in [1.165, 1.54) is 17.7 Å². The lowest BCUT2D eigenvalue weighted by atomic mass is 9.68. The Morgan fingerprint density at radius 2 is 1.97 bits per heavy atom. The van der Waals surface area contributed by atoms with Gasteiger partial charge in [0, 0.05) is 29.5 Å². The van der Waals surface area contributed by atoms with Gasteiger partial charge in [-0.2, -0.15) is 13.2 Å².